The molecule has 0 aromatic rings. The summed E-state index contributed by atoms with van der Waals surface area (Å²) in [5.74, 6) is -0.914. The van der Waals surface area contributed by atoms with Crippen molar-refractivity contribution in [3.05, 3.63) is 85.1 Å². The van der Waals surface area contributed by atoms with Gasteiger partial charge in [0.2, 0.25) is 0 Å². The second-order valence-corrected chi connectivity index (χ2v) is 17.0. The highest BCUT2D eigenvalue weighted by Crippen LogP contribution is 2.14. The number of hydrogen-bond donors (Lipinski definition) is 0. The van der Waals surface area contributed by atoms with E-state index < -0.39 is 6.10 Å². The van der Waals surface area contributed by atoms with Crippen molar-refractivity contribution in [1.29, 1.82) is 0 Å². The quantitative estimate of drug-likeness (QED) is 0.0262. The second-order valence-electron chi connectivity index (χ2n) is 17.0. The summed E-state index contributed by atoms with van der Waals surface area (Å²) in [5.41, 5.74) is 0. The Hall–Kier alpha value is -3.41. The summed E-state index contributed by atoms with van der Waals surface area (Å²) in [5, 5.41) is 0. The molecular weight excluding hydrogens is 781 g/mol. The zero-order valence-electron chi connectivity index (χ0n) is 41.1. The van der Waals surface area contributed by atoms with Crippen molar-refractivity contribution in [3.63, 3.8) is 0 Å². The molecular formula is C57H96O6. The minimum atomic E-state index is -0.787. The summed E-state index contributed by atoms with van der Waals surface area (Å²) in [6.45, 7) is 6.38. The lowest BCUT2D eigenvalue weighted by Crippen LogP contribution is -2.30. The Kier molecular flexibility index (Phi) is 48.5. The maximum atomic E-state index is 12.8. The van der Waals surface area contributed by atoms with Gasteiger partial charge in [-0.2, -0.15) is 0 Å². The molecule has 0 N–H and O–H groups in total. The number of ether oxygens (including phenoxy) is 3. The van der Waals surface area contributed by atoms with Crippen LogP contribution in [0.1, 0.15) is 239 Å². The number of allylic oxidation sites excluding steroid dienone is 14. The van der Waals surface area contributed by atoms with Crippen LogP contribution in [0.15, 0.2) is 85.1 Å². The second kappa shape index (κ2) is 51.2. The number of unbranched alkanes of at least 4 members (excludes halogenated alkanes) is 21. The maximum absolute atomic E-state index is 12.8. The Labute approximate surface area is 388 Å². The molecule has 0 spiro atoms. The molecule has 0 bridgehead atoms. The van der Waals surface area contributed by atoms with E-state index in [1.54, 1.807) is 0 Å². The first-order chi connectivity index (χ1) is 31.0. The Morgan fingerprint density at radius 2 is 0.619 bits per heavy atom. The summed E-state index contributed by atoms with van der Waals surface area (Å²) >= 11 is 0. The fraction of sp³-hybridized carbons (Fsp3) is 0.702. The van der Waals surface area contributed by atoms with Crippen LogP contribution in [-0.4, -0.2) is 37.2 Å². The Balaban J connectivity index is 4.39. The highest BCUT2D eigenvalue weighted by molar-refractivity contribution is 5.71. The first-order valence-corrected chi connectivity index (χ1v) is 26.1. The zero-order valence-corrected chi connectivity index (χ0v) is 41.1. The minimum absolute atomic E-state index is 0.0858. The fourth-order valence-electron chi connectivity index (χ4n) is 7.04. The SMILES string of the molecule is CC/C=C\C/C=C\C/C=C\C/C=C\CCCCCCCCC(=O)OCC(COC(=O)CCCCCCCCCCCC)OC(=O)CCCCCCCC/C=C\C/C=C\C/C=C\CC. The van der Waals surface area contributed by atoms with Crippen LogP contribution in [0.2, 0.25) is 0 Å². The highest BCUT2D eigenvalue weighted by atomic mass is 16.6. The van der Waals surface area contributed by atoms with Crippen molar-refractivity contribution < 1.29 is 28.6 Å². The van der Waals surface area contributed by atoms with Gasteiger partial charge < -0.3 is 14.2 Å². The van der Waals surface area contributed by atoms with E-state index in [0.29, 0.717) is 19.3 Å². The van der Waals surface area contributed by atoms with E-state index in [-0.39, 0.29) is 31.1 Å². The fourth-order valence-corrected chi connectivity index (χ4v) is 7.04. The molecule has 1 atom stereocenters. The number of rotatable bonds is 46. The summed E-state index contributed by atoms with van der Waals surface area (Å²) in [7, 11) is 0. The standard InChI is InChI=1S/C57H96O6/c1-4-7-10-13-16-19-22-24-26-28-29-30-32-33-35-38-41-44-47-50-56(59)62-53-54(52-61-55(58)49-46-43-40-37-21-18-15-12-9-6-3)63-57(60)51-48-45-42-39-36-34-31-27-25-23-20-17-14-11-8-5-2/h7-8,10-11,16-17,19-20,24-27,29-30,54H,4-6,9,12-15,18,21-23,28,31-53H2,1-3H3/b10-7-,11-8-,19-16-,20-17-,26-24-,27-25-,30-29-. The van der Waals surface area contributed by atoms with Crippen molar-refractivity contribution in [1.82, 2.24) is 0 Å². The highest BCUT2D eigenvalue weighted by Gasteiger charge is 2.19. The van der Waals surface area contributed by atoms with Gasteiger partial charge in [-0.1, -0.05) is 215 Å². The molecule has 0 saturated heterocycles. The molecule has 0 aliphatic rings. The first kappa shape index (κ1) is 59.6. The van der Waals surface area contributed by atoms with Gasteiger partial charge in [0, 0.05) is 19.3 Å². The van der Waals surface area contributed by atoms with E-state index in [1.165, 1.54) is 77.0 Å². The zero-order chi connectivity index (χ0) is 45.8. The largest absolute Gasteiger partial charge is 0.462 e. The van der Waals surface area contributed by atoms with Crippen molar-refractivity contribution in [3.8, 4) is 0 Å². The average Bonchev–Trinajstić information content (AvgIpc) is 3.28. The number of esters is 3. The summed E-state index contributed by atoms with van der Waals surface area (Å²) in [6.07, 6.45) is 65.6. The molecule has 0 heterocycles. The van der Waals surface area contributed by atoms with Gasteiger partial charge in [0.1, 0.15) is 13.2 Å². The first-order valence-electron chi connectivity index (χ1n) is 26.1. The van der Waals surface area contributed by atoms with Gasteiger partial charge in [-0.25, -0.2) is 0 Å². The van der Waals surface area contributed by atoms with Crippen molar-refractivity contribution in [2.24, 2.45) is 0 Å². The van der Waals surface area contributed by atoms with E-state index in [9.17, 15) is 14.4 Å². The molecule has 0 amide bonds. The minimum Gasteiger partial charge on any atom is -0.462 e. The van der Waals surface area contributed by atoms with Crippen LogP contribution in [-0.2, 0) is 28.6 Å². The molecule has 0 aliphatic carbocycles. The monoisotopic (exact) mass is 877 g/mol. The van der Waals surface area contributed by atoms with E-state index in [1.807, 2.05) is 0 Å². The van der Waals surface area contributed by atoms with Crippen LogP contribution >= 0.6 is 0 Å². The summed E-state index contributed by atoms with van der Waals surface area (Å²) in [4.78, 5) is 38.0. The van der Waals surface area contributed by atoms with Gasteiger partial charge in [-0.3, -0.25) is 14.4 Å². The van der Waals surface area contributed by atoms with E-state index >= 15 is 0 Å². The third kappa shape index (κ3) is 49.5. The molecule has 360 valence electrons. The Morgan fingerprint density at radius 3 is 0.968 bits per heavy atom. The summed E-state index contributed by atoms with van der Waals surface area (Å²) < 4.78 is 16.8. The molecule has 6 heteroatoms. The normalized spacial score (nSPS) is 12.7. The molecule has 63 heavy (non-hydrogen) atoms. The smallest absolute Gasteiger partial charge is 0.306 e. The van der Waals surface area contributed by atoms with Crippen LogP contribution in [0.4, 0.5) is 0 Å². The molecule has 6 nitrogen and oxygen atoms in total. The van der Waals surface area contributed by atoms with Gasteiger partial charge in [0.15, 0.2) is 6.10 Å². The molecule has 0 fully saturated rings. The van der Waals surface area contributed by atoms with E-state index in [0.717, 1.165) is 122 Å². The molecule has 1 unspecified atom stereocenters. The predicted molar refractivity (Wildman–Crippen MR) is 270 cm³/mol. The summed E-state index contributed by atoms with van der Waals surface area (Å²) in [6, 6.07) is 0. The van der Waals surface area contributed by atoms with Gasteiger partial charge in [-0.15, -0.1) is 0 Å². The number of carbonyl (C=O) groups is 3. The third-order valence-electron chi connectivity index (χ3n) is 10.9. The molecule has 0 rings (SSSR count). The maximum Gasteiger partial charge on any atom is 0.306 e. The molecule has 0 saturated carbocycles. The molecule has 0 aromatic carbocycles. The van der Waals surface area contributed by atoms with Crippen LogP contribution in [0, 0.1) is 0 Å². The lowest BCUT2D eigenvalue weighted by atomic mass is 10.1. The van der Waals surface area contributed by atoms with Crippen LogP contribution in [0.3, 0.4) is 0 Å². The van der Waals surface area contributed by atoms with Crippen LogP contribution in [0.5, 0.6) is 0 Å². The Morgan fingerprint density at radius 1 is 0.333 bits per heavy atom. The average molecular weight is 877 g/mol. The van der Waals surface area contributed by atoms with Crippen molar-refractivity contribution in [2.75, 3.05) is 13.2 Å². The van der Waals surface area contributed by atoms with E-state index in [4.69, 9.17) is 14.2 Å². The lowest BCUT2D eigenvalue weighted by Gasteiger charge is -2.18. The van der Waals surface area contributed by atoms with Crippen molar-refractivity contribution >= 4 is 17.9 Å². The molecule has 0 radical (unpaired) electrons. The number of carbonyl (C=O) groups excluding carboxylic acids is 3. The van der Waals surface area contributed by atoms with Crippen LogP contribution in [0.25, 0.3) is 0 Å². The van der Waals surface area contributed by atoms with Gasteiger partial charge >= 0.3 is 17.9 Å². The topological polar surface area (TPSA) is 78.9 Å². The molecule has 0 aromatic heterocycles. The van der Waals surface area contributed by atoms with E-state index in [2.05, 4.69) is 106 Å². The lowest BCUT2D eigenvalue weighted by molar-refractivity contribution is -0.167. The van der Waals surface area contributed by atoms with Crippen LogP contribution < -0.4 is 0 Å². The number of hydrogen-bond acceptors (Lipinski definition) is 6. The Bertz CT molecular complexity index is 1240. The van der Waals surface area contributed by atoms with Gasteiger partial charge in [0.05, 0.1) is 0 Å². The van der Waals surface area contributed by atoms with Crippen molar-refractivity contribution in [2.45, 2.75) is 245 Å². The predicted octanol–water partition coefficient (Wildman–Crippen LogP) is 17.2. The third-order valence-corrected chi connectivity index (χ3v) is 10.9. The van der Waals surface area contributed by atoms with Gasteiger partial charge in [-0.05, 0) is 89.9 Å². The van der Waals surface area contributed by atoms with Gasteiger partial charge in [0.25, 0.3) is 0 Å². The molecule has 0 aliphatic heterocycles.